The van der Waals surface area contributed by atoms with E-state index in [4.69, 9.17) is 0 Å². The Morgan fingerprint density at radius 1 is 0.880 bits per heavy atom. The van der Waals surface area contributed by atoms with E-state index in [1.165, 1.54) is 24.5 Å². The molecule has 0 radical (unpaired) electrons. The van der Waals surface area contributed by atoms with E-state index in [2.05, 4.69) is 28.1 Å². The van der Waals surface area contributed by atoms with Gasteiger partial charge < -0.3 is 16.0 Å². The monoisotopic (exact) mass is 337 g/mol. The lowest BCUT2D eigenvalue weighted by Crippen LogP contribution is -2.31. The van der Waals surface area contributed by atoms with Gasteiger partial charge in [-0.3, -0.25) is 9.59 Å². The van der Waals surface area contributed by atoms with E-state index in [-0.39, 0.29) is 17.9 Å². The predicted molar refractivity (Wildman–Crippen MR) is 101 cm³/mol. The first kappa shape index (κ1) is 17.0. The molecule has 0 aliphatic heterocycles. The van der Waals surface area contributed by atoms with Gasteiger partial charge in [0.2, 0.25) is 11.8 Å². The van der Waals surface area contributed by atoms with Crippen LogP contribution in [-0.4, -0.2) is 17.9 Å². The maximum Gasteiger partial charge on any atom is 0.246 e. The molecule has 0 spiro atoms. The molecule has 2 aromatic rings. The van der Waals surface area contributed by atoms with E-state index in [9.17, 15) is 9.59 Å². The number of nitrogens with one attached hydrogen (secondary N) is 3. The van der Waals surface area contributed by atoms with Crippen molar-refractivity contribution in [3.63, 3.8) is 0 Å². The summed E-state index contributed by atoms with van der Waals surface area (Å²) in [6.45, 7) is 3.29. The standard InChI is InChI=1S/C20H23N3O2/c1-13(21-17-8-10-18(11-9-17)22-14(2)24)20(25)23-19-7-6-15-4-3-5-16(15)12-19/h6-13,21H,3-5H2,1-2H3,(H,22,24)(H,23,25)/t13-/m1/s1. The number of rotatable bonds is 5. The van der Waals surface area contributed by atoms with Crippen LogP contribution in [0.5, 0.6) is 0 Å². The van der Waals surface area contributed by atoms with Crippen LogP contribution in [0.4, 0.5) is 17.1 Å². The Hall–Kier alpha value is -2.82. The summed E-state index contributed by atoms with van der Waals surface area (Å²) in [5.74, 6) is -0.188. The molecule has 1 atom stereocenters. The zero-order valence-corrected chi connectivity index (χ0v) is 14.6. The second kappa shape index (κ2) is 7.38. The van der Waals surface area contributed by atoms with Crippen molar-refractivity contribution in [2.75, 3.05) is 16.0 Å². The highest BCUT2D eigenvalue weighted by Gasteiger charge is 2.15. The fourth-order valence-electron chi connectivity index (χ4n) is 3.07. The lowest BCUT2D eigenvalue weighted by Gasteiger charge is -2.16. The lowest BCUT2D eigenvalue weighted by atomic mass is 10.1. The van der Waals surface area contributed by atoms with Crippen molar-refractivity contribution in [3.05, 3.63) is 53.6 Å². The van der Waals surface area contributed by atoms with Gasteiger partial charge in [-0.1, -0.05) is 6.07 Å². The molecule has 0 bridgehead atoms. The summed E-state index contributed by atoms with van der Waals surface area (Å²) in [5.41, 5.74) is 5.13. The van der Waals surface area contributed by atoms with E-state index in [1.807, 2.05) is 25.1 Å². The molecular formula is C20H23N3O2. The van der Waals surface area contributed by atoms with Gasteiger partial charge in [0.05, 0.1) is 0 Å². The van der Waals surface area contributed by atoms with Crippen LogP contribution in [0.2, 0.25) is 0 Å². The van der Waals surface area contributed by atoms with Gasteiger partial charge in [-0.25, -0.2) is 0 Å². The average Bonchev–Trinajstić information content (AvgIpc) is 3.03. The molecule has 5 heteroatoms. The van der Waals surface area contributed by atoms with Crippen molar-refractivity contribution < 1.29 is 9.59 Å². The first-order chi connectivity index (χ1) is 12.0. The summed E-state index contributed by atoms with van der Waals surface area (Å²) in [4.78, 5) is 23.4. The number of anilines is 3. The lowest BCUT2D eigenvalue weighted by molar-refractivity contribution is -0.116. The van der Waals surface area contributed by atoms with E-state index in [0.717, 1.165) is 29.9 Å². The van der Waals surface area contributed by atoms with E-state index in [0.29, 0.717) is 0 Å². The van der Waals surface area contributed by atoms with Gasteiger partial charge >= 0.3 is 0 Å². The minimum absolute atomic E-state index is 0.0797. The summed E-state index contributed by atoms with van der Waals surface area (Å²) in [6.07, 6.45) is 3.42. The summed E-state index contributed by atoms with van der Waals surface area (Å²) in [5, 5.41) is 8.86. The molecule has 5 nitrogen and oxygen atoms in total. The fraction of sp³-hybridized carbons (Fsp3) is 0.300. The topological polar surface area (TPSA) is 70.2 Å². The van der Waals surface area contributed by atoms with Gasteiger partial charge in [0.1, 0.15) is 6.04 Å². The third kappa shape index (κ3) is 4.38. The van der Waals surface area contributed by atoms with Crippen LogP contribution in [-0.2, 0) is 22.4 Å². The van der Waals surface area contributed by atoms with Crippen LogP contribution in [0.3, 0.4) is 0 Å². The quantitative estimate of drug-likeness (QED) is 0.781. The van der Waals surface area contributed by atoms with Gasteiger partial charge in [-0.15, -0.1) is 0 Å². The number of carbonyl (C=O) groups excluding carboxylic acids is 2. The van der Waals surface area contributed by atoms with Crippen LogP contribution >= 0.6 is 0 Å². The third-order valence-corrected chi connectivity index (χ3v) is 4.35. The SMILES string of the molecule is CC(=O)Nc1ccc(N[C@H](C)C(=O)Nc2ccc3c(c2)CCC3)cc1. The molecule has 0 aromatic heterocycles. The largest absolute Gasteiger partial charge is 0.374 e. The Bertz CT molecular complexity index is 784. The number of aryl methyl sites for hydroxylation is 2. The minimum Gasteiger partial charge on any atom is -0.374 e. The number of hydrogen-bond acceptors (Lipinski definition) is 3. The van der Waals surface area contributed by atoms with Crippen LogP contribution in [0.1, 0.15) is 31.4 Å². The van der Waals surface area contributed by atoms with Gasteiger partial charge in [0.15, 0.2) is 0 Å². The second-order valence-corrected chi connectivity index (χ2v) is 6.45. The minimum atomic E-state index is -0.375. The second-order valence-electron chi connectivity index (χ2n) is 6.45. The highest BCUT2D eigenvalue weighted by molar-refractivity contribution is 5.96. The first-order valence-corrected chi connectivity index (χ1v) is 8.58. The molecule has 3 N–H and O–H groups in total. The zero-order chi connectivity index (χ0) is 17.8. The fourth-order valence-corrected chi connectivity index (χ4v) is 3.07. The molecular weight excluding hydrogens is 314 g/mol. The summed E-state index contributed by atoms with van der Waals surface area (Å²) >= 11 is 0. The van der Waals surface area contributed by atoms with Crippen molar-refractivity contribution in [1.29, 1.82) is 0 Å². The van der Waals surface area contributed by atoms with Gasteiger partial charge in [0.25, 0.3) is 0 Å². The van der Waals surface area contributed by atoms with Crippen molar-refractivity contribution in [1.82, 2.24) is 0 Å². The van der Waals surface area contributed by atoms with Crippen LogP contribution in [0.25, 0.3) is 0 Å². The maximum absolute atomic E-state index is 12.4. The molecule has 3 rings (SSSR count). The molecule has 2 amide bonds. The molecule has 0 heterocycles. The van der Waals surface area contributed by atoms with Crippen LogP contribution in [0.15, 0.2) is 42.5 Å². The Morgan fingerprint density at radius 2 is 1.52 bits per heavy atom. The maximum atomic E-state index is 12.4. The van der Waals surface area contributed by atoms with Gasteiger partial charge in [-0.2, -0.15) is 0 Å². The number of benzene rings is 2. The summed E-state index contributed by atoms with van der Waals surface area (Å²) in [6, 6.07) is 13.1. The molecule has 1 aliphatic carbocycles. The predicted octanol–water partition coefficient (Wildman–Crippen LogP) is 3.57. The van der Waals surface area contributed by atoms with Crippen LogP contribution < -0.4 is 16.0 Å². The van der Waals surface area contributed by atoms with Crippen molar-refractivity contribution in [2.45, 2.75) is 39.2 Å². The van der Waals surface area contributed by atoms with E-state index >= 15 is 0 Å². The molecule has 0 saturated heterocycles. The Balaban J connectivity index is 1.58. The molecule has 0 unspecified atom stereocenters. The molecule has 25 heavy (non-hydrogen) atoms. The van der Waals surface area contributed by atoms with Gasteiger partial charge in [-0.05, 0) is 73.7 Å². The number of carbonyl (C=O) groups is 2. The smallest absolute Gasteiger partial charge is 0.246 e. The van der Waals surface area contributed by atoms with Crippen molar-refractivity contribution >= 4 is 28.9 Å². The normalized spacial score (nSPS) is 13.7. The summed E-state index contributed by atoms with van der Waals surface area (Å²) in [7, 11) is 0. The first-order valence-electron chi connectivity index (χ1n) is 8.58. The Kier molecular flexibility index (Phi) is 5.03. The number of fused-ring (bicyclic) bond motifs is 1. The van der Waals surface area contributed by atoms with E-state index < -0.39 is 0 Å². The number of hydrogen-bond donors (Lipinski definition) is 3. The Labute approximate surface area is 147 Å². The number of amides is 2. The zero-order valence-electron chi connectivity index (χ0n) is 14.6. The van der Waals surface area contributed by atoms with Gasteiger partial charge in [0, 0.05) is 24.0 Å². The highest BCUT2D eigenvalue weighted by atomic mass is 16.2. The van der Waals surface area contributed by atoms with Crippen molar-refractivity contribution in [2.24, 2.45) is 0 Å². The average molecular weight is 337 g/mol. The molecule has 2 aromatic carbocycles. The summed E-state index contributed by atoms with van der Waals surface area (Å²) < 4.78 is 0. The molecule has 130 valence electrons. The molecule has 1 aliphatic rings. The van der Waals surface area contributed by atoms with Crippen LogP contribution in [0, 0.1) is 0 Å². The third-order valence-electron chi connectivity index (χ3n) is 4.35. The van der Waals surface area contributed by atoms with Crippen molar-refractivity contribution in [3.8, 4) is 0 Å². The van der Waals surface area contributed by atoms with E-state index in [1.54, 1.807) is 12.1 Å². The molecule has 0 saturated carbocycles. The highest BCUT2D eigenvalue weighted by Crippen LogP contribution is 2.25. The molecule has 0 fully saturated rings. The Morgan fingerprint density at radius 3 is 2.24 bits per heavy atom.